The maximum atomic E-state index is 13.4. The molecule has 1 aromatic rings. The molecule has 6 aliphatic rings. The van der Waals surface area contributed by atoms with Gasteiger partial charge >= 0.3 is 0 Å². The molecule has 1 amide bonds. The summed E-state index contributed by atoms with van der Waals surface area (Å²) in [6.45, 7) is 0.670. The van der Waals surface area contributed by atoms with E-state index in [2.05, 4.69) is 5.32 Å². The largest absolute Gasteiger partial charge is 0.351 e. The fourth-order valence-corrected chi connectivity index (χ4v) is 7.67. The third-order valence-electron chi connectivity index (χ3n) is 7.81. The Morgan fingerprint density at radius 2 is 1.75 bits per heavy atom. The van der Waals surface area contributed by atoms with E-state index in [0.29, 0.717) is 17.3 Å². The molecule has 0 radical (unpaired) electrons. The first kappa shape index (κ1) is 10.4. The van der Waals surface area contributed by atoms with Crippen LogP contribution in [0, 0.1) is 46.3 Å². The molecule has 0 heterocycles. The fourth-order valence-electron chi connectivity index (χ4n) is 7.67. The third kappa shape index (κ3) is 0.640. The smallest absolute Gasteiger partial charge is 0.251 e. The van der Waals surface area contributed by atoms with Gasteiger partial charge < -0.3 is 5.32 Å². The zero-order valence-corrected chi connectivity index (χ0v) is 11.1. The summed E-state index contributed by atoms with van der Waals surface area (Å²) in [6, 6.07) is 9.38. The summed E-state index contributed by atoms with van der Waals surface area (Å²) in [6.07, 6.45) is 0. The fraction of sp³-hybridized carbons (Fsp3) is 0.588. The molecule has 102 valence electrons. The molecule has 6 aliphatic carbocycles. The molecule has 6 saturated carbocycles. The van der Waals surface area contributed by atoms with Crippen molar-refractivity contribution in [2.45, 2.75) is 0 Å². The average molecular weight is 269 g/mol. The topological polar surface area (TPSA) is 29.1 Å². The molecule has 7 rings (SSSR count). The molecule has 7 unspecified atom stereocenters. The van der Waals surface area contributed by atoms with Crippen molar-refractivity contribution in [2.75, 3.05) is 13.2 Å². The number of benzene rings is 1. The molecule has 8 atom stereocenters. The van der Waals surface area contributed by atoms with Crippen LogP contribution in [0.5, 0.6) is 0 Å². The maximum absolute atomic E-state index is 13.4. The van der Waals surface area contributed by atoms with Crippen molar-refractivity contribution >= 4 is 5.91 Å². The van der Waals surface area contributed by atoms with Crippen molar-refractivity contribution in [3.8, 4) is 0 Å². The SMILES string of the molecule is O=C(NCC12C3C4C5[C@H]3C1C5(CF)C42)c1ccccc1. The lowest BCUT2D eigenvalue weighted by Gasteiger charge is -3.11. The van der Waals surface area contributed by atoms with Crippen molar-refractivity contribution in [2.24, 2.45) is 46.3 Å². The van der Waals surface area contributed by atoms with E-state index in [0.717, 1.165) is 35.8 Å². The Kier molecular flexibility index (Phi) is 1.39. The van der Waals surface area contributed by atoms with E-state index in [1.165, 1.54) is 0 Å². The standard InChI is InChI=1S/C17H16FNO/c18-6-16-11-9-12-10(11)14(16)17(12,13(9)16)7-19-15(20)8-4-2-1-3-5-8/h1-5,9-14H,6-7H2,(H,19,20)/t9-,10?,11?,12?,13?,14?,16?,17?/m1/s1. The number of halogens is 1. The lowest BCUT2D eigenvalue weighted by Crippen LogP contribution is -3.11. The number of amides is 1. The van der Waals surface area contributed by atoms with Gasteiger partial charge in [0.15, 0.2) is 0 Å². The van der Waals surface area contributed by atoms with Gasteiger partial charge in [0, 0.05) is 17.5 Å². The normalized spacial score (nSPS) is 57.2. The Labute approximate surface area is 116 Å². The molecule has 2 nitrogen and oxygen atoms in total. The Balaban J connectivity index is 1.21. The number of hydrogen-bond donors (Lipinski definition) is 1. The lowest BCUT2D eigenvalue weighted by atomic mass is 8.92. The van der Waals surface area contributed by atoms with E-state index in [1.807, 2.05) is 30.3 Å². The summed E-state index contributed by atoms with van der Waals surface area (Å²) in [5.74, 6) is 4.52. The number of hydrogen-bond acceptors (Lipinski definition) is 1. The van der Waals surface area contributed by atoms with Gasteiger partial charge in [0.05, 0.1) is 6.67 Å². The molecule has 1 N–H and O–H groups in total. The molecule has 0 aromatic heterocycles. The Bertz CT molecular complexity index is 636. The van der Waals surface area contributed by atoms with Gasteiger partial charge in [-0.05, 0) is 53.1 Å². The molecular formula is C17H16FNO. The van der Waals surface area contributed by atoms with Crippen LogP contribution in [0.25, 0.3) is 0 Å². The summed E-state index contributed by atoms with van der Waals surface area (Å²) in [4.78, 5) is 12.1. The van der Waals surface area contributed by atoms with E-state index in [9.17, 15) is 9.18 Å². The van der Waals surface area contributed by atoms with Crippen LogP contribution in [0.4, 0.5) is 4.39 Å². The van der Waals surface area contributed by atoms with Crippen LogP contribution in [0.2, 0.25) is 0 Å². The van der Waals surface area contributed by atoms with Gasteiger partial charge in [-0.3, -0.25) is 9.18 Å². The molecule has 0 saturated heterocycles. The van der Waals surface area contributed by atoms with E-state index in [4.69, 9.17) is 0 Å². The number of nitrogens with one attached hydrogen (secondary N) is 1. The van der Waals surface area contributed by atoms with Gasteiger partial charge in [0.1, 0.15) is 0 Å². The third-order valence-corrected chi connectivity index (χ3v) is 7.81. The zero-order chi connectivity index (χ0) is 13.3. The molecular weight excluding hydrogens is 253 g/mol. The number of carbonyl (C=O) groups excluding carboxylic acids is 1. The average Bonchev–Trinajstić information content (AvgIpc) is 2.53. The van der Waals surface area contributed by atoms with Crippen LogP contribution in [0.15, 0.2) is 30.3 Å². The molecule has 0 spiro atoms. The summed E-state index contributed by atoms with van der Waals surface area (Å²) in [5, 5.41) is 3.12. The Hall–Kier alpha value is -1.38. The van der Waals surface area contributed by atoms with Gasteiger partial charge in [-0.25, -0.2) is 0 Å². The van der Waals surface area contributed by atoms with Crippen molar-refractivity contribution in [1.29, 1.82) is 0 Å². The van der Waals surface area contributed by atoms with Gasteiger partial charge in [0.25, 0.3) is 5.91 Å². The summed E-state index contributed by atoms with van der Waals surface area (Å²) in [5.41, 5.74) is 1.15. The first-order chi connectivity index (χ1) is 9.78. The summed E-state index contributed by atoms with van der Waals surface area (Å²) >= 11 is 0. The molecule has 6 fully saturated rings. The minimum atomic E-state index is -0.110. The number of alkyl halides is 1. The number of carbonyl (C=O) groups is 1. The van der Waals surface area contributed by atoms with Crippen molar-refractivity contribution in [3.05, 3.63) is 35.9 Å². The van der Waals surface area contributed by atoms with E-state index in [1.54, 1.807) is 0 Å². The minimum absolute atomic E-state index is 0.0218. The van der Waals surface area contributed by atoms with Crippen LogP contribution in [-0.2, 0) is 0 Å². The van der Waals surface area contributed by atoms with Crippen molar-refractivity contribution < 1.29 is 9.18 Å². The first-order valence-corrected chi connectivity index (χ1v) is 7.67. The Morgan fingerprint density at radius 3 is 2.40 bits per heavy atom. The Morgan fingerprint density at radius 1 is 1.10 bits per heavy atom. The van der Waals surface area contributed by atoms with Crippen LogP contribution in [0.3, 0.4) is 0 Å². The molecule has 0 bridgehead atoms. The predicted octanol–water partition coefficient (Wildman–Crippen LogP) is 2.12. The lowest BCUT2D eigenvalue weighted by molar-refractivity contribution is -0.657. The second-order valence-corrected chi connectivity index (χ2v) is 7.57. The molecule has 3 heteroatoms. The van der Waals surface area contributed by atoms with Crippen LogP contribution in [0.1, 0.15) is 10.4 Å². The van der Waals surface area contributed by atoms with Crippen LogP contribution in [-0.4, -0.2) is 19.1 Å². The monoisotopic (exact) mass is 269 g/mol. The minimum Gasteiger partial charge on any atom is -0.351 e. The highest BCUT2D eigenvalue weighted by atomic mass is 19.1. The van der Waals surface area contributed by atoms with Crippen molar-refractivity contribution in [3.63, 3.8) is 0 Å². The highest BCUT2D eigenvalue weighted by Gasteiger charge is 3.09. The summed E-state index contributed by atoms with van der Waals surface area (Å²) < 4.78 is 13.4. The molecule has 20 heavy (non-hydrogen) atoms. The predicted molar refractivity (Wildman–Crippen MR) is 70.6 cm³/mol. The zero-order valence-electron chi connectivity index (χ0n) is 11.1. The van der Waals surface area contributed by atoms with E-state index >= 15 is 0 Å². The number of rotatable bonds is 4. The highest BCUT2D eigenvalue weighted by molar-refractivity contribution is 5.94. The first-order valence-electron chi connectivity index (χ1n) is 7.67. The maximum Gasteiger partial charge on any atom is 0.251 e. The summed E-state index contributed by atoms with van der Waals surface area (Å²) in [7, 11) is 0. The van der Waals surface area contributed by atoms with Gasteiger partial charge in [0.2, 0.25) is 0 Å². The second-order valence-electron chi connectivity index (χ2n) is 7.57. The quantitative estimate of drug-likeness (QED) is 0.891. The van der Waals surface area contributed by atoms with Crippen LogP contribution < -0.4 is 5.32 Å². The van der Waals surface area contributed by atoms with Gasteiger partial charge in [-0.2, -0.15) is 0 Å². The van der Waals surface area contributed by atoms with Crippen LogP contribution >= 0.6 is 0 Å². The molecule has 0 aliphatic heterocycles. The van der Waals surface area contributed by atoms with Crippen molar-refractivity contribution in [1.82, 2.24) is 5.32 Å². The molecule has 1 aromatic carbocycles. The van der Waals surface area contributed by atoms with E-state index < -0.39 is 0 Å². The highest BCUT2D eigenvalue weighted by Crippen LogP contribution is 3.10. The van der Waals surface area contributed by atoms with E-state index in [-0.39, 0.29) is 18.0 Å². The van der Waals surface area contributed by atoms with Gasteiger partial charge in [-0.15, -0.1) is 0 Å². The second kappa shape index (κ2) is 2.68. The van der Waals surface area contributed by atoms with Gasteiger partial charge in [-0.1, -0.05) is 18.2 Å².